The van der Waals surface area contributed by atoms with Crippen LogP contribution in [0.15, 0.2) is 78.6 Å². The van der Waals surface area contributed by atoms with Crippen molar-refractivity contribution in [2.45, 2.75) is 0 Å². The van der Waals surface area contributed by atoms with Crippen LogP contribution in [0.5, 0.6) is 11.5 Å². The monoisotopic (exact) mass is 371 g/mol. The summed E-state index contributed by atoms with van der Waals surface area (Å²) in [5, 5.41) is 0. The lowest BCUT2D eigenvalue weighted by molar-refractivity contribution is -0.119. The maximum atomic E-state index is 12.6. The molecule has 5 heteroatoms. The smallest absolute Gasteiger partial charge is 0.255 e. The van der Waals surface area contributed by atoms with Crippen molar-refractivity contribution in [1.82, 2.24) is 0 Å². The molecule has 3 aromatic carbocycles. The predicted octanol–water partition coefficient (Wildman–Crippen LogP) is 3.83. The lowest BCUT2D eigenvalue weighted by Crippen LogP contribution is -2.19. The van der Waals surface area contributed by atoms with Gasteiger partial charge >= 0.3 is 0 Å². The number of hydrogen-bond acceptors (Lipinski definition) is 4. The van der Waals surface area contributed by atoms with Gasteiger partial charge in [-0.15, -0.1) is 0 Å². The van der Waals surface area contributed by atoms with Crippen LogP contribution in [0.25, 0.3) is 17.2 Å². The molecule has 0 atom stereocenters. The zero-order valence-electron chi connectivity index (χ0n) is 14.9. The molecule has 0 unspecified atom stereocenters. The summed E-state index contributed by atoms with van der Waals surface area (Å²) < 4.78 is 11.0. The van der Waals surface area contributed by atoms with Gasteiger partial charge in [0.1, 0.15) is 11.5 Å². The average molecular weight is 371 g/mol. The molecule has 0 radical (unpaired) electrons. The highest BCUT2D eigenvalue weighted by Crippen LogP contribution is 2.35. The number of amides is 1. The maximum absolute atomic E-state index is 12.6. The number of carbonyl (C=O) groups is 2. The largest absolute Gasteiger partial charge is 0.484 e. The lowest BCUT2D eigenvalue weighted by atomic mass is 10.0. The van der Waals surface area contributed by atoms with Crippen LogP contribution in [-0.2, 0) is 4.79 Å². The second-order valence-corrected chi connectivity index (χ2v) is 6.34. The Morgan fingerprint density at radius 3 is 2.39 bits per heavy atom. The molecule has 0 saturated heterocycles. The first-order valence-electron chi connectivity index (χ1n) is 8.75. The first kappa shape index (κ1) is 17.5. The van der Waals surface area contributed by atoms with E-state index in [0.717, 1.165) is 16.7 Å². The Labute approximate surface area is 162 Å². The summed E-state index contributed by atoms with van der Waals surface area (Å²) in [6.07, 6.45) is 1.71. The second kappa shape index (κ2) is 7.40. The molecule has 0 bridgehead atoms. The van der Waals surface area contributed by atoms with Gasteiger partial charge in [0.05, 0.1) is 5.56 Å². The van der Waals surface area contributed by atoms with E-state index < -0.39 is 5.91 Å². The molecule has 28 heavy (non-hydrogen) atoms. The highest BCUT2D eigenvalue weighted by Gasteiger charge is 2.27. The molecule has 0 aromatic heterocycles. The van der Waals surface area contributed by atoms with E-state index in [1.54, 1.807) is 24.3 Å². The number of Topliss-reactive ketones (excluding diaryl/α,β-unsaturated/α-hetero) is 1. The van der Waals surface area contributed by atoms with Crippen LogP contribution in [0.2, 0.25) is 0 Å². The number of rotatable bonds is 5. The molecule has 0 aliphatic carbocycles. The number of ether oxygens (including phenoxy) is 2. The summed E-state index contributed by atoms with van der Waals surface area (Å²) in [5.74, 6) is 0.299. The number of nitrogens with two attached hydrogens (primary N) is 1. The lowest BCUT2D eigenvalue weighted by Gasteiger charge is -2.05. The van der Waals surface area contributed by atoms with Crippen molar-refractivity contribution >= 4 is 17.8 Å². The molecule has 1 aliphatic heterocycles. The molecular formula is C23H17NO4. The van der Waals surface area contributed by atoms with Gasteiger partial charge in [-0.25, -0.2) is 0 Å². The van der Waals surface area contributed by atoms with Crippen LogP contribution in [-0.4, -0.2) is 18.3 Å². The third-order valence-corrected chi connectivity index (χ3v) is 4.34. The summed E-state index contributed by atoms with van der Waals surface area (Å²) >= 11 is 0. The Hall–Kier alpha value is -3.86. The Morgan fingerprint density at radius 1 is 0.964 bits per heavy atom. The zero-order chi connectivity index (χ0) is 19.5. The van der Waals surface area contributed by atoms with Gasteiger partial charge in [-0.2, -0.15) is 0 Å². The predicted molar refractivity (Wildman–Crippen MR) is 106 cm³/mol. The van der Waals surface area contributed by atoms with Crippen LogP contribution >= 0.6 is 0 Å². The molecule has 0 saturated carbocycles. The van der Waals surface area contributed by atoms with Gasteiger partial charge in [0.25, 0.3) is 5.91 Å². The van der Waals surface area contributed by atoms with Crippen LogP contribution in [0.4, 0.5) is 0 Å². The molecule has 2 N–H and O–H groups in total. The van der Waals surface area contributed by atoms with Crippen LogP contribution in [0.1, 0.15) is 15.9 Å². The topological polar surface area (TPSA) is 78.6 Å². The van der Waals surface area contributed by atoms with Gasteiger partial charge in [-0.05, 0) is 34.9 Å². The molecule has 4 rings (SSSR count). The molecular weight excluding hydrogens is 354 g/mol. The molecule has 5 nitrogen and oxygen atoms in total. The van der Waals surface area contributed by atoms with Gasteiger partial charge in [0, 0.05) is 6.07 Å². The summed E-state index contributed by atoms with van der Waals surface area (Å²) in [6.45, 7) is -0.233. The summed E-state index contributed by atoms with van der Waals surface area (Å²) in [4.78, 5) is 23.4. The fraction of sp³-hybridized carbons (Fsp3) is 0.0435. The fourth-order valence-electron chi connectivity index (χ4n) is 2.97. The van der Waals surface area contributed by atoms with Crippen LogP contribution < -0.4 is 15.2 Å². The van der Waals surface area contributed by atoms with Gasteiger partial charge in [0.2, 0.25) is 5.78 Å². The van der Waals surface area contributed by atoms with Gasteiger partial charge in [-0.1, -0.05) is 54.6 Å². The number of ketones is 1. The standard InChI is InChI=1S/C23H17NO4/c24-22(25)14-27-18-10-11-19-20(13-18)28-21(23(19)26)12-15-6-8-17(9-7-15)16-4-2-1-3-5-16/h1-13H,14H2,(H2,24,25). The van der Waals surface area contributed by atoms with Crippen molar-refractivity contribution in [1.29, 1.82) is 0 Å². The highest BCUT2D eigenvalue weighted by molar-refractivity contribution is 6.14. The maximum Gasteiger partial charge on any atom is 0.255 e. The van der Waals surface area contributed by atoms with Crippen molar-refractivity contribution in [2.75, 3.05) is 6.61 Å². The van der Waals surface area contributed by atoms with Gasteiger partial charge in [-0.3, -0.25) is 9.59 Å². The summed E-state index contributed by atoms with van der Waals surface area (Å²) in [7, 11) is 0. The molecule has 0 fully saturated rings. The Morgan fingerprint density at radius 2 is 1.68 bits per heavy atom. The van der Waals surface area contributed by atoms with E-state index >= 15 is 0 Å². The molecule has 138 valence electrons. The molecule has 1 heterocycles. The van der Waals surface area contributed by atoms with Crippen molar-refractivity contribution < 1.29 is 19.1 Å². The van der Waals surface area contributed by atoms with Crippen molar-refractivity contribution in [2.24, 2.45) is 5.73 Å². The summed E-state index contributed by atoms with van der Waals surface area (Å²) in [5.41, 5.74) is 8.62. The third-order valence-electron chi connectivity index (χ3n) is 4.34. The van der Waals surface area contributed by atoms with Crippen LogP contribution in [0.3, 0.4) is 0 Å². The average Bonchev–Trinajstić information content (AvgIpc) is 3.02. The number of allylic oxidation sites excluding steroid dienone is 1. The minimum absolute atomic E-state index is 0.191. The number of hydrogen-bond donors (Lipinski definition) is 1. The number of fused-ring (bicyclic) bond motifs is 1. The van der Waals surface area contributed by atoms with Crippen molar-refractivity contribution in [3.63, 3.8) is 0 Å². The minimum Gasteiger partial charge on any atom is -0.484 e. The molecule has 0 spiro atoms. The number of carbonyl (C=O) groups excluding carboxylic acids is 2. The van der Waals surface area contributed by atoms with E-state index in [9.17, 15) is 9.59 Å². The normalized spacial score (nSPS) is 13.9. The van der Waals surface area contributed by atoms with Crippen LogP contribution in [0, 0.1) is 0 Å². The Bertz CT molecular complexity index is 1070. The van der Waals surface area contributed by atoms with E-state index in [1.165, 1.54) is 0 Å². The SMILES string of the molecule is NC(=O)COc1ccc2c(c1)OC(=Cc1ccc(-c3ccccc3)cc1)C2=O. The van der Waals surface area contributed by atoms with E-state index in [0.29, 0.717) is 17.1 Å². The van der Waals surface area contributed by atoms with Crippen molar-refractivity contribution in [3.8, 4) is 22.6 Å². The zero-order valence-corrected chi connectivity index (χ0v) is 14.9. The number of benzene rings is 3. The number of primary amides is 1. The minimum atomic E-state index is -0.572. The fourth-order valence-corrected chi connectivity index (χ4v) is 2.97. The second-order valence-electron chi connectivity index (χ2n) is 6.34. The van der Waals surface area contributed by atoms with E-state index in [2.05, 4.69) is 0 Å². The molecule has 1 aliphatic rings. The molecule has 3 aromatic rings. The van der Waals surface area contributed by atoms with E-state index in [1.807, 2.05) is 54.6 Å². The Balaban J connectivity index is 1.53. The highest BCUT2D eigenvalue weighted by atomic mass is 16.5. The Kier molecular flexibility index (Phi) is 4.64. The third kappa shape index (κ3) is 3.64. The quantitative estimate of drug-likeness (QED) is 0.691. The first-order chi connectivity index (χ1) is 13.6. The van der Waals surface area contributed by atoms with E-state index in [4.69, 9.17) is 15.2 Å². The van der Waals surface area contributed by atoms with Crippen molar-refractivity contribution in [3.05, 3.63) is 89.7 Å². The van der Waals surface area contributed by atoms with Gasteiger partial charge < -0.3 is 15.2 Å². The van der Waals surface area contributed by atoms with Gasteiger partial charge in [0.15, 0.2) is 12.4 Å². The summed E-state index contributed by atoms with van der Waals surface area (Å²) in [6, 6.07) is 22.8. The van der Waals surface area contributed by atoms with E-state index in [-0.39, 0.29) is 18.1 Å². The first-order valence-corrected chi connectivity index (χ1v) is 8.75. The molecule has 1 amide bonds.